The molecule has 0 bridgehead atoms. The quantitative estimate of drug-likeness (QED) is 0.458. The Morgan fingerprint density at radius 1 is 1.28 bits per heavy atom. The van der Waals surface area contributed by atoms with Crippen LogP contribution in [0.3, 0.4) is 0 Å². The Morgan fingerprint density at radius 2 is 2.19 bits per heavy atom. The van der Waals surface area contributed by atoms with Crippen molar-refractivity contribution in [2.24, 2.45) is 0 Å². The van der Waals surface area contributed by atoms with E-state index in [0.29, 0.717) is 18.7 Å². The average molecular weight is 445 g/mol. The zero-order chi connectivity index (χ0) is 21.7. The number of imidazole rings is 1. The van der Waals surface area contributed by atoms with Crippen LogP contribution in [-0.2, 0) is 17.8 Å². The largest absolute Gasteiger partial charge is 0.380 e. The van der Waals surface area contributed by atoms with E-state index in [9.17, 15) is 4.79 Å². The van der Waals surface area contributed by atoms with Crippen LogP contribution in [0.5, 0.6) is 0 Å². The Kier molecular flexibility index (Phi) is 4.51. The molecule has 1 aromatic carbocycles. The van der Waals surface area contributed by atoms with Crippen LogP contribution in [0.2, 0.25) is 0 Å². The van der Waals surface area contributed by atoms with E-state index < -0.39 is 0 Å². The Labute approximate surface area is 187 Å². The van der Waals surface area contributed by atoms with Crippen molar-refractivity contribution in [2.75, 3.05) is 13.7 Å². The molecule has 32 heavy (non-hydrogen) atoms. The Balaban J connectivity index is 1.43. The van der Waals surface area contributed by atoms with Gasteiger partial charge in [0.25, 0.3) is 5.91 Å². The van der Waals surface area contributed by atoms with Gasteiger partial charge >= 0.3 is 0 Å². The molecule has 1 amide bonds. The fraction of sp³-hybridized carbons (Fsp3) is 0.217. The predicted octanol–water partition coefficient (Wildman–Crippen LogP) is 3.60. The number of aromatic nitrogens is 5. The van der Waals surface area contributed by atoms with Crippen LogP contribution in [0.25, 0.3) is 15.7 Å². The highest BCUT2D eigenvalue weighted by molar-refractivity contribution is 7.18. The van der Waals surface area contributed by atoms with E-state index in [1.165, 1.54) is 0 Å². The molecule has 1 aliphatic rings. The van der Waals surface area contributed by atoms with Crippen molar-refractivity contribution in [1.29, 1.82) is 0 Å². The first-order chi connectivity index (χ1) is 15.7. The number of carbonyl (C=O) groups is 1. The monoisotopic (exact) mass is 444 g/mol. The van der Waals surface area contributed by atoms with Crippen LogP contribution in [0, 0.1) is 0 Å². The topological polar surface area (TPSA) is 88.4 Å². The molecule has 0 fully saturated rings. The summed E-state index contributed by atoms with van der Waals surface area (Å²) < 4.78 is 8.04. The number of nitrogens with zero attached hydrogens (tertiary/aromatic N) is 5. The molecule has 1 N–H and O–H groups in total. The zero-order valence-electron chi connectivity index (χ0n) is 17.4. The minimum absolute atomic E-state index is 0.0719. The molecule has 1 atom stereocenters. The number of methoxy groups -OCH3 is 1. The van der Waals surface area contributed by atoms with Gasteiger partial charge in [0.2, 0.25) is 0 Å². The summed E-state index contributed by atoms with van der Waals surface area (Å²) in [6.07, 6.45) is 5.96. The van der Waals surface area contributed by atoms with Crippen molar-refractivity contribution in [3.8, 4) is 0 Å². The summed E-state index contributed by atoms with van der Waals surface area (Å²) in [5.41, 5.74) is 5.19. The maximum absolute atomic E-state index is 13.8. The molecule has 9 heteroatoms. The second kappa shape index (κ2) is 7.54. The van der Waals surface area contributed by atoms with Crippen molar-refractivity contribution < 1.29 is 9.53 Å². The van der Waals surface area contributed by atoms with Gasteiger partial charge in [-0.05, 0) is 23.8 Å². The molecule has 0 saturated carbocycles. The molecular weight excluding hydrogens is 424 g/mol. The van der Waals surface area contributed by atoms with Gasteiger partial charge in [0, 0.05) is 32.0 Å². The second-order valence-corrected chi connectivity index (χ2v) is 8.86. The van der Waals surface area contributed by atoms with Gasteiger partial charge in [-0.2, -0.15) is 5.10 Å². The number of para-hydroxylation sites is 1. The lowest BCUT2D eigenvalue weighted by molar-refractivity contribution is 0.0692. The number of fused-ring (bicyclic) bond motifs is 3. The summed E-state index contributed by atoms with van der Waals surface area (Å²) in [5.74, 6) is -0.0719. The van der Waals surface area contributed by atoms with Crippen LogP contribution in [-0.4, -0.2) is 49.0 Å². The third-order valence-corrected chi connectivity index (χ3v) is 6.94. The summed E-state index contributed by atoms with van der Waals surface area (Å²) in [5, 5.41) is 5.29. The summed E-state index contributed by atoms with van der Waals surface area (Å²) in [6.45, 7) is 1.07. The molecule has 0 saturated heterocycles. The van der Waals surface area contributed by atoms with Crippen molar-refractivity contribution >= 4 is 33.0 Å². The number of hydrogen-bond acceptors (Lipinski definition) is 6. The highest BCUT2D eigenvalue weighted by Gasteiger charge is 2.37. The zero-order valence-corrected chi connectivity index (χ0v) is 18.2. The van der Waals surface area contributed by atoms with Gasteiger partial charge in [0.05, 0.1) is 46.1 Å². The maximum Gasteiger partial charge on any atom is 0.258 e. The molecule has 0 unspecified atom stereocenters. The number of benzene rings is 1. The van der Waals surface area contributed by atoms with Crippen LogP contribution in [0.1, 0.15) is 38.4 Å². The van der Waals surface area contributed by atoms with Gasteiger partial charge in [0.15, 0.2) is 0 Å². The van der Waals surface area contributed by atoms with Crippen molar-refractivity contribution in [3.05, 3.63) is 82.6 Å². The van der Waals surface area contributed by atoms with Crippen molar-refractivity contribution in [2.45, 2.75) is 19.1 Å². The molecule has 8 nitrogen and oxygen atoms in total. The summed E-state index contributed by atoms with van der Waals surface area (Å²) in [6, 6.07) is 11.6. The smallest absolute Gasteiger partial charge is 0.258 e. The van der Waals surface area contributed by atoms with Gasteiger partial charge in [-0.1, -0.05) is 18.2 Å². The lowest BCUT2D eigenvalue weighted by atomic mass is 10.0. The first-order valence-corrected chi connectivity index (χ1v) is 11.2. The molecule has 0 radical (unpaired) electrons. The van der Waals surface area contributed by atoms with Crippen LogP contribution in [0.4, 0.5) is 0 Å². The minimum atomic E-state index is -0.336. The standard InChI is InChI=1S/C23H20N6O2S/c1-31-12-14-6-7-18-15(10-26-29(18)11-14)23(30)28-9-8-17-20(25-13-24-17)21(28)22-27-16-4-2-3-5-19(16)32-22/h2-7,10-11,13,21H,8-9,12H2,1H3,(H,24,25)/t21-/m0/s1. The van der Waals surface area contributed by atoms with E-state index in [1.54, 1.807) is 35.5 Å². The van der Waals surface area contributed by atoms with E-state index in [2.05, 4.69) is 21.1 Å². The normalized spacial score (nSPS) is 16.0. The molecule has 160 valence electrons. The fourth-order valence-electron chi connectivity index (χ4n) is 4.35. The fourth-order valence-corrected chi connectivity index (χ4v) is 5.44. The molecule has 5 aromatic rings. The van der Waals surface area contributed by atoms with Crippen LogP contribution < -0.4 is 0 Å². The minimum Gasteiger partial charge on any atom is -0.380 e. The SMILES string of the molecule is COCc1ccc2c(C(=O)N3CCc4[nH]cnc4[C@H]3c3nc4ccccc4s3)cnn2c1. The number of pyridine rings is 1. The van der Waals surface area contributed by atoms with Gasteiger partial charge < -0.3 is 14.6 Å². The molecular formula is C23H20N6O2S. The van der Waals surface area contributed by atoms with Gasteiger partial charge in [0.1, 0.15) is 11.0 Å². The van der Waals surface area contributed by atoms with E-state index in [-0.39, 0.29) is 11.9 Å². The van der Waals surface area contributed by atoms with Gasteiger partial charge in [-0.3, -0.25) is 4.79 Å². The summed E-state index contributed by atoms with van der Waals surface area (Å²) in [7, 11) is 1.66. The number of carbonyl (C=O) groups excluding carboxylic acids is 1. The molecule has 1 aliphatic heterocycles. The van der Waals surface area contributed by atoms with Crippen LogP contribution >= 0.6 is 11.3 Å². The number of H-pyrrole nitrogens is 1. The first kappa shape index (κ1) is 19.1. The number of thiazole rings is 1. The van der Waals surface area contributed by atoms with E-state index in [4.69, 9.17) is 9.72 Å². The Bertz CT molecular complexity index is 1420. The summed E-state index contributed by atoms with van der Waals surface area (Å²) in [4.78, 5) is 28.3. The van der Waals surface area contributed by atoms with Crippen molar-refractivity contribution in [3.63, 3.8) is 0 Å². The third-order valence-electron chi connectivity index (χ3n) is 5.85. The van der Waals surface area contributed by atoms with E-state index in [0.717, 1.165) is 44.1 Å². The Hall–Kier alpha value is -3.56. The van der Waals surface area contributed by atoms with Gasteiger partial charge in [-0.25, -0.2) is 14.5 Å². The first-order valence-electron chi connectivity index (χ1n) is 10.4. The molecule has 0 spiro atoms. The number of hydrogen-bond donors (Lipinski definition) is 1. The number of aromatic amines is 1. The molecule has 5 heterocycles. The number of rotatable bonds is 4. The number of nitrogens with one attached hydrogen (secondary N) is 1. The third kappa shape index (κ3) is 3.01. The lowest BCUT2D eigenvalue weighted by Gasteiger charge is -2.33. The number of ether oxygens (including phenoxy) is 1. The van der Waals surface area contributed by atoms with E-state index in [1.807, 2.05) is 41.4 Å². The highest BCUT2D eigenvalue weighted by atomic mass is 32.1. The molecule has 4 aromatic heterocycles. The second-order valence-electron chi connectivity index (χ2n) is 7.80. The predicted molar refractivity (Wildman–Crippen MR) is 121 cm³/mol. The maximum atomic E-state index is 13.8. The van der Waals surface area contributed by atoms with Crippen LogP contribution in [0.15, 0.2) is 55.1 Å². The molecule has 6 rings (SSSR count). The average Bonchev–Trinajstić information content (AvgIpc) is 3.55. The lowest BCUT2D eigenvalue weighted by Crippen LogP contribution is -2.40. The highest BCUT2D eigenvalue weighted by Crippen LogP contribution is 2.38. The Morgan fingerprint density at radius 3 is 3.06 bits per heavy atom. The molecule has 0 aliphatic carbocycles. The van der Waals surface area contributed by atoms with E-state index >= 15 is 0 Å². The van der Waals surface area contributed by atoms with Crippen molar-refractivity contribution in [1.82, 2.24) is 29.5 Å². The van der Waals surface area contributed by atoms with Gasteiger partial charge in [-0.15, -0.1) is 11.3 Å². The summed E-state index contributed by atoms with van der Waals surface area (Å²) >= 11 is 1.61. The number of amides is 1.